The summed E-state index contributed by atoms with van der Waals surface area (Å²) in [6, 6.07) is 17.3. The number of ether oxygens (including phenoxy) is 2. The molecule has 37 heavy (non-hydrogen) atoms. The second-order valence-corrected chi connectivity index (χ2v) is 8.93. The number of phenolic OH excluding ortho intramolecular Hbond substituents is 1. The molecular weight excluding hydrogens is 468 g/mol. The Morgan fingerprint density at radius 3 is 2.62 bits per heavy atom. The molecule has 7 nitrogen and oxygen atoms in total. The zero-order chi connectivity index (χ0) is 26.4. The lowest BCUT2D eigenvalue weighted by Gasteiger charge is -2.19. The van der Waals surface area contributed by atoms with Crippen molar-refractivity contribution in [3.05, 3.63) is 89.1 Å². The summed E-state index contributed by atoms with van der Waals surface area (Å²) in [5.41, 5.74) is 3.55. The zero-order valence-electron chi connectivity index (χ0n) is 21.0. The summed E-state index contributed by atoms with van der Waals surface area (Å²) in [5, 5.41) is 23.7. The molecule has 0 radical (unpaired) electrons. The number of aromatic nitrogens is 1. The SMILES string of the molecule is COc1cc(O)ccc1C#Cc1ccc(OC(C)C)c(C(=O)N[C@@H](CO)Cc2c[nH]c3ccccc23)c1. The van der Waals surface area contributed by atoms with E-state index in [4.69, 9.17) is 9.47 Å². The van der Waals surface area contributed by atoms with Crippen molar-refractivity contribution < 1.29 is 24.5 Å². The molecule has 1 aromatic heterocycles. The van der Waals surface area contributed by atoms with Gasteiger partial charge in [-0.05, 0) is 62.2 Å². The molecule has 4 aromatic rings. The van der Waals surface area contributed by atoms with Crippen molar-refractivity contribution in [2.24, 2.45) is 0 Å². The molecule has 3 aromatic carbocycles. The van der Waals surface area contributed by atoms with Gasteiger partial charge in [0.05, 0.1) is 37.0 Å². The molecule has 7 heteroatoms. The van der Waals surface area contributed by atoms with Crippen molar-refractivity contribution in [2.45, 2.75) is 32.4 Å². The summed E-state index contributed by atoms with van der Waals surface area (Å²) >= 11 is 0. The number of hydrogen-bond donors (Lipinski definition) is 4. The Bertz CT molecular complexity index is 1460. The third-order valence-corrected chi connectivity index (χ3v) is 5.81. The maximum atomic E-state index is 13.4. The summed E-state index contributed by atoms with van der Waals surface area (Å²) < 4.78 is 11.2. The van der Waals surface area contributed by atoms with E-state index in [9.17, 15) is 15.0 Å². The summed E-state index contributed by atoms with van der Waals surface area (Å²) in [6.45, 7) is 3.56. The molecule has 1 atom stereocenters. The second-order valence-electron chi connectivity index (χ2n) is 8.93. The Morgan fingerprint density at radius 2 is 1.86 bits per heavy atom. The van der Waals surface area contributed by atoms with Crippen LogP contribution in [0.25, 0.3) is 10.9 Å². The number of carbonyl (C=O) groups excluding carboxylic acids is 1. The number of aliphatic hydroxyl groups excluding tert-OH is 1. The number of aromatic hydroxyl groups is 1. The van der Waals surface area contributed by atoms with Crippen LogP contribution in [0.2, 0.25) is 0 Å². The highest BCUT2D eigenvalue weighted by atomic mass is 16.5. The third-order valence-electron chi connectivity index (χ3n) is 5.81. The summed E-state index contributed by atoms with van der Waals surface area (Å²) in [4.78, 5) is 16.6. The normalized spacial score (nSPS) is 11.6. The van der Waals surface area contributed by atoms with Crippen LogP contribution in [-0.2, 0) is 6.42 Å². The van der Waals surface area contributed by atoms with Crippen LogP contribution in [0.1, 0.15) is 40.9 Å². The molecule has 1 heterocycles. The summed E-state index contributed by atoms with van der Waals surface area (Å²) in [7, 11) is 1.51. The zero-order valence-corrected chi connectivity index (χ0v) is 21.0. The van der Waals surface area contributed by atoms with Crippen molar-refractivity contribution in [3.63, 3.8) is 0 Å². The minimum absolute atomic E-state index is 0.0858. The van der Waals surface area contributed by atoms with Crippen molar-refractivity contribution in [2.75, 3.05) is 13.7 Å². The Kier molecular flexibility index (Phi) is 8.02. The van der Waals surface area contributed by atoms with Crippen LogP contribution in [0.3, 0.4) is 0 Å². The van der Waals surface area contributed by atoms with E-state index < -0.39 is 6.04 Å². The predicted molar refractivity (Wildman–Crippen MR) is 143 cm³/mol. The molecule has 0 bridgehead atoms. The van der Waals surface area contributed by atoms with Gasteiger partial charge in [-0.3, -0.25) is 4.79 Å². The van der Waals surface area contributed by atoms with Crippen LogP contribution in [0, 0.1) is 11.8 Å². The number of carbonyl (C=O) groups is 1. The smallest absolute Gasteiger partial charge is 0.255 e. The van der Waals surface area contributed by atoms with Crippen LogP contribution in [-0.4, -0.2) is 47.0 Å². The Hall–Kier alpha value is -4.41. The number of aliphatic hydroxyl groups is 1. The Morgan fingerprint density at radius 1 is 1.05 bits per heavy atom. The van der Waals surface area contributed by atoms with Gasteiger partial charge < -0.3 is 30.0 Å². The molecule has 0 spiro atoms. The number of nitrogens with one attached hydrogen (secondary N) is 2. The van der Waals surface area contributed by atoms with Crippen molar-refractivity contribution in [1.82, 2.24) is 10.3 Å². The average molecular weight is 499 g/mol. The van der Waals surface area contributed by atoms with Crippen LogP contribution < -0.4 is 14.8 Å². The highest BCUT2D eigenvalue weighted by molar-refractivity contribution is 5.97. The van der Waals surface area contributed by atoms with Gasteiger partial charge in [0.2, 0.25) is 0 Å². The topological polar surface area (TPSA) is 104 Å². The lowest BCUT2D eigenvalue weighted by molar-refractivity contribution is 0.0910. The molecule has 4 N–H and O–H groups in total. The fourth-order valence-electron chi connectivity index (χ4n) is 4.05. The van der Waals surface area contributed by atoms with E-state index in [-0.39, 0.29) is 24.4 Å². The lowest BCUT2D eigenvalue weighted by atomic mass is 10.0. The third kappa shape index (κ3) is 6.24. The molecule has 0 aliphatic heterocycles. The fourth-order valence-corrected chi connectivity index (χ4v) is 4.05. The number of hydrogen-bond acceptors (Lipinski definition) is 5. The van der Waals surface area contributed by atoms with E-state index >= 15 is 0 Å². The van der Waals surface area contributed by atoms with Crippen molar-refractivity contribution in [3.8, 4) is 29.1 Å². The standard InChI is InChI=1S/C30H30N2O5/c1-19(2)37-28-13-9-20(8-10-21-11-12-24(34)16-29(21)36-3)14-26(28)30(35)32-23(18-33)15-22-17-31-27-7-5-4-6-25(22)27/h4-7,9,11-14,16-17,19,23,31,33-34H,15,18H2,1-3H3,(H,32,35)/t23-/m1/s1. The Balaban J connectivity index is 1.59. The van der Waals surface area contributed by atoms with Gasteiger partial charge in [0.25, 0.3) is 5.91 Å². The second kappa shape index (κ2) is 11.5. The highest BCUT2D eigenvalue weighted by Crippen LogP contribution is 2.25. The maximum Gasteiger partial charge on any atom is 0.255 e. The van der Waals surface area contributed by atoms with Gasteiger partial charge in [0, 0.05) is 28.7 Å². The number of phenols is 1. The van der Waals surface area contributed by atoms with Crippen molar-refractivity contribution in [1.29, 1.82) is 0 Å². The summed E-state index contributed by atoms with van der Waals surface area (Å²) in [6.07, 6.45) is 2.23. The minimum atomic E-state index is -0.491. The van der Waals surface area contributed by atoms with Crippen LogP contribution in [0.4, 0.5) is 0 Å². The fraction of sp³-hybridized carbons (Fsp3) is 0.233. The van der Waals surface area contributed by atoms with Gasteiger partial charge in [0.1, 0.15) is 17.2 Å². The van der Waals surface area contributed by atoms with Gasteiger partial charge in [-0.1, -0.05) is 30.0 Å². The Labute approximate surface area is 216 Å². The number of H-pyrrole nitrogens is 1. The van der Waals surface area contributed by atoms with Gasteiger partial charge in [-0.2, -0.15) is 0 Å². The molecular formula is C30H30N2O5. The molecule has 1 amide bonds. The van der Waals surface area contributed by atoms with Gasteiger partial charge in [0.15, 0.2) is 0 Å². The van der Waals surface area contributed by atoms with Crippen LogP contribution >= 0.6 is 0 Å². The van der Waals surface area contributed by atoms with Crippen molar-refractivity contribution >= 4 is 16.8 Å². The first-order chi connectivity index (χ1) is 17.9. The average Bonchev–Trinajstić information content (AvgIpc) is 3.30. The molecule has 190 valence electrons. The van der Waals surface area contributed by atoms with E-state index in [1.807, 2.05) is 44.3 Å². The number of methoxy groups -OCH3 is 1. The van der Waals surface area contributed by atoms with Crippen LogP contribution in [0.15, 0.2) is 66.9 Å². The largest absolute Gasteiger partial charge is 0.508 e. The molecule has 0 saturated heterocycles. The first-order valence-electron chi connectivity index (χ1n) is 12.0. The number of aromatic amines is 1. The maximum absolute atomic E-state index is 13.4. The number of rotatable bonds is 8. The predicted octanol–water partition coefficient (Wildman–Crippen LogP) is 4.40. The van der Waals surface area contributed by atoms with Gasteiger partial charge in [-0.15, -0.1) is 0 Å². The highest BCUT2D eigenvalue weighted by Gasteiger charge is 2.19. The number of benzene rings is 3. The van der Waals surface area contributed by atoms with E-state index in [1.165, 1.54) is 19.2 Å². The lowest BCUT2D eigenvalue weighted by Crippen LogP contribution is -2.39. The summed E-state index contributed by atoms with van der Waals surface area (Å²) in [5.74, 6) is 6.70. The molecule has 0 fully saturated rings. The van der Waals surface area contributed by atoms with E-state index in [1.54, 1.807) is 24.3 Å². The monoisotopic (exact) mass is 498 g/mol. The van der Waals surface area contributed by atoms with Gasteiger partial charge in [-0.25, -0.2) is 0 Å². The molecule has 0 unspecified atom stereocenters. The number of amides is 1. The van der Waals surface area contributed by atoms with E-state index in [0.717, 1.165) is 16.5 Å². The first kappa shape index (κ1) is 25.7. The minimum Gasteiger partial charge on any atom is -0.508 e. The van der Waals surface area contributed by atoms with Crippen LogP contribution in [0.5, 0.6) is 17.2 Å². The number of para-hydroxylation sites is 1. The molecule has 0 aliphatic carbocycles. The number of fused-ring (bicyclic) bond motifs is 1. The quantitative estimate of drug-likeness (QED) is 0.270. The molecule has 0 saturated carbocycles. The first-order valence-corrected chi connectivity index (χ1v) is 12.0. The van der Waals surface area contributed by atoms with Gasteiger partial charge >= 0.3 is 0 Å². The molecule has 0 aliphatic rings. The molecule has 4 rings (SSSR count). The van der Waals surface area contributed by atoms with E-state index in [2.05, 4.69) is 22.1 Å². The van der Waals surface area contributed by atoms with E-state index in [0.29, 0.717) is 34.6 Å².